The smallest absolute Gasteiger partial charge is 0.144 e. The van der Waals surface area contributed by atoms with Crippen molar-refractivity contribution in [3.05, 3.63) is 65.0 Å². The lowest BCUT2D eigenvalue weighted by Gasteiger charge is -2.08. The van der Waals surface area contributed by atoms with Crippen molar-refractivity contribution in [3.63, 3.8) is 0 Å². The van der Waals surface area contributed by atoms with Crippen molar-refractivity contribution in [2.75, 3.05) is 0 Å². The van der Waals surface area contributed by atoms with Gasteiger partial charge in [-0.3, -0.25) is 0 Å². The Morgan fingerprint density at radius 1 is 1.11 bits per heavy atom. The van der Waals surface area contributed by atoms with Gasteiger partial charge >= 0.3 is 0 Å². The average molecular weight is 257 g/mol. The molecule has 0 unspecified atom stereocenters. The summed E-state index contributed by atoms with van der Waals surface area (Å²) in [6.07, 6.45) is 0. The van der Waals surface area contributed by atoms with Crippen molar-refractivity contribution in [2.45, 2.75) is 13.2 Å². The number of nitrogens with zero attached hydrogens (tertiary/aromatic N) is 1. The lowest BCUT2D eigenvalue weighted by atomic mass is 10.1. The first kappa shape index (κ1) is 13.1. The molecule has 4 heteroatoms. The van der Waals surface area contributed by atoms with Gasteiger partial charge in [-0.15, -0.1) is 0 Å². The van der Waals surface area contributed by atoms with Crippen LogP contribution in [-0.4, -0.2) is 5.11 Å². The van der Waals surface area contributed by atoms with Crippen LogP contribution >= 0.6 is 0 Å². The van der Waals surface area contributed by atoms with E-state index in [1.807, 2.05) is 12.1 Å². The Bertz CT molecular complexity index is 603. The van der Waals surface area contributed by atoms with Crippen LogP contribution in [0.15, 0.2) is 42.5 Å². The number of benzene rings is 2. The van der Waals surface area contributed by atoms with Gasteiger partial charge in [0.1, 0.15) is 29.8 Å². The van der Waals surface area contributed by atoms with Crippen LogP contribution in [0.1, 0.15) is 16.7 Å². The molecule has 0 aliphatic carbocycles. The second-order valence-corrected chi connectivity index (χ2v) is 3.99. The number of aliphatic hydroxyl groups excluding tert-OH is 1. The van der Waals surface area contributed by atoms with Crippen LogP contribution in [0.5, 0.6) is 5.75 Å². The molecule has 0 radical (unpaired) electrons. The molecule has 0 aromatic heterocycles. The summed E-state index contributed by atoms with van der Waals surface area (Å²) in [5, 5.41) is 17.8. The van der Waals surface area contributed by atoms with Crippen molar-refractivity contribution < 1.29 is 14.2 Å². The van der Waals surface area contributed by atoms with E-state index < -0.39 is 5.82 Å². The molecule has 1 N–H and O–H groups in total. The summed E-state index contributed by atoms with van der Waals surface area (Å²) in [4.78, 5) is 0. The van der Waals surface area contributed by atoms with E-state index in [9.17, 15) is 4.39 Å². The van der Waals surface area contributed by atoms with E-state index in [0.717, 1.165) is 11.1 Å². The van der Waals surface area contributed by atoms with E-state index in [4.69, 9.17) is 15.1 Å². The van der Waals surface area contributed by atoms with E-state index in [0.29, 0.717) is 0 Å². The lowest BCUT2D eigenvalue weighted by Crippen LogP contribution is -1.99. The highest BCUT2D eigenvalue weighted by Crippen LogP contribution is 2.21. The molecule has 2 rings (SSSR count). The number of hydrogen-bond acceptors (Lipinski definition) is 3. The van der Waals surface area contributed by atoms with Crippen LogP contribution in [0.4, 0.5) is 4.39 Å². The normalized spacial score (nSPS) is 9.95. The Balaban J connectivity index is 2.10. The van der Waals surface area contributed by atoms with Gasteiger partial charge in [0.25, 0.3) is 0 Å². The fourth-order valence-electron chi connectivity index (χ4n) is 1.64. The maximum Gasteiger partial charge on any atom is 0.144 e. The monoisotopic (exact) mass is 257 g/mol. The number of nitriles is 1. The second-order valence-electron chi connectivity index (χ2n) is 3.99. The van der Waals surface area contributed by atoms with Crippen LogP contribution in [0, 0.1) is 17.1 Å². The van der Waals surface area contributed by atoms with Crippen LogP contribution in [-0.2, 0) is 13.2 Å². The largest absolute Gasteiger partial charge is 0.487 e. The molecule has 0 aliphatic rings. The maximum absolute atomic E-state index is 13.3. The molecule has 96 valence electrons. The van der Waals surface area contributed by atoms with Crippen LogP contribution in [0.2, 0.25) is 0 Å². The lowest BCUT2D eigenvalue weighted by molar-refractivity contribution is 0.281. The Morgan fingerprint density at radius 2 is 1.79 bits per heavy atom. The number of hydrogen-bond donors (Lipinski definition) is 1. The molecular formula is C15H12FNO2. The van der Waals surface area contributed by atoms with Gasteiger partial charge < -0.3 is 9.84 Å². The fraction of sp³-hybridized carbons (Fsp3) is 0.133. The van der Waals surface area contributed by atoms with Gasteiger partial charge in [0, 0.05) is 0 Å². The average Bonchev–Trinajstić information content (AvgIpc) is 2.45. The summed E-state index contributed by atoms with van der Waals surface area (Å²) >= 11 is 0. The number of halogens is 1. The minimum absolute atomic E-state index is 0.0103. The Kier molecular flexibility index (Phi) is 4.11. The van der Waals surface area contributed by atoms with Crippen LogP contribution in [0.25, 0.3) is 0 Å². The highest BCUT2D eigenvalue weighted by atomic mass is 19.1. The Hall–Kier alpha value is -2.38. The first-order valence-corrected chi connectivity index (χ1v) is 5.74. The zero-order valence-electron chi connectivity index (χ0n) is 10.1. The molecule has 0 spiro atoms. The molecule has 2 aromatic carbocycles. The van der Waals surface area contributed by atoms with E-state index >= 15 is 0 Å². The summed E-state index contributed by atoms with van der Waals surface area (Å²) in [5.41, 5.74) is 1.60. The van der Waals surface area contributed by atoms with Crippen molar-refractivity contribution >= 4 is 0 Å². The number of ether oxygens (including phenoxy) is 1. The SMILES string of the molecule is N#Cc1c(F)cccc1OCc1ccc(CO)cc1. The van der Waals surface area contributed by atoms with Gasteiger partial charge in [0.15, 0.2) is 0 Å². The first-order valence-electron chi connectivity index (χ1n) is 5.74. The van der Waals surface area contributed by atoms with Crippen molar-refractivity contribution in [1.82, 2.24) is 0 Å². The van der Waals surface area contributed by atoms with E-state index in [2.05, 4.69) is 0 Å². The Labute approximate surface area is 110 Å². The third-order valence-electron chi connectivity index (χ3n) is 2.69. The summed E-state index contributed by atoms with van der Waals surface area (Å²) in [6.45, 7) is 0.230. The molecule has 19 heavy (non-hydrogen) atoms. The van der Waals surface area contributed by atoms with Crippen molar-refractivity contribution in [3.8, 4) is 11.8 Å². The minimum atomic E-state index is -0.587. The van der Waals surface area contributed by atoms with Gasteiger partial charge in [0.05, 0.1) is 6.61 Å². The summed E-state index contributed by atoms with van der Waals surface area (Å²) in [5.74, 6) is -0.357. The molecule has 0 amide bonds. The van der Waals surface area contributed by atoms with Gasteiger partial charge in [0.2, 0.25) is 0 Å². The molecule has 0 heterocycles. The summed E-state index contributed by atoms with van der Waals surface area (Å²) < 4.78 is 18.8. The third-order valence-corrected chi connectivity index (χ3v) is 2.69. The molecule has 0 atom stereocenters. The van der Waals surface area contributed by atoms with E-state index in [-0.39, 0.29) is 24.5 Å². The van der Waals surface area contributed by atoms with Crippen LogP contribution < -0.4 is 4.74 Å². The zero-order chi connectivity index (χ0) is 13.7. The molecular weight excluding hydrogens is 245 g/mol. The standard InChI is InChI=1S/C15H12FNO2/c16-14-2-1-3-15(13(14)8-17)19-10-12-6-4-11(9-18)5-7-12/h1-7,18H,9-10H2. The number of aliphatic hydroxyl groups is 1. The van der Waals surface area contributed by atoms with Gasteiger partial charge in [-0.25, -0.2) is 4.39 Å². The van der Waals surface area contributed by atoms with Crippen molar-refractivity contribution in [1.29, 1.82) is 5.26 Å². The Morgan fingerprint density at radius 3 is 2.42 bits per heavy atom. The molecule has 2 aromatic rings. The number of rotatable bonds is 4. The van der Waals surface area contributed by atoms with E-state index in [1.54, 1.807) is 24.3 Å². The minimum Gasteiger partial charge on any atom is -0.487 e. The molecule has 3 nitrogen and oxygen atoms in total. The molecule has 0 bridgehead atoms. The topological polar surface area (TPSA) is 53.2 Å². The van der Waals surface area contributed by atoms with Gasteiger partial charge in [-0.2, -0.15) is 5.26 Å². The molecule has 0 saturated carbocycles. The molecule has 0 saturated heterocycles. The van der Waals surface area contributed by atoms with Gasteiger partial charge in [-0.1, -0.05) is 30.3 Å². The summed E-state index contributed by atoms with van der Waals surface area (Å²) in [7, 11) is 0. The van der Waals surface area contributed by atoms with Crippen LogP contribution in [0.3, 0.4) is 0 Å². The second kappa shape index (κ2) is 5.98. The molecule has 0 aliphatic heterocycles. The fourth-order valence-corrected chi connectivity index (χ4v) is 1.64. The van der Waals surface area contributed by atoms with Crippen molar-refractivity contribution in [2.24, 2.45) is 0 Å². The molecule has 0 fully saturated rings. The van der Waals surface area contributed by atoms with Gasteiger partial charge in [-0.05, 0) is 23.3 Å². The highest BCUT2D eigenvalue weighted by Gasteiger charge is 2.08. The maximum atomic E-state index is 13.3. The predicted octanol–water partition coefficient (Wildman–Crippen LogP) is 2.77. The van der Waals surface area contributed by atoms with E-state index in [1.165, 1.54) is 12.1 Å². The zero-order valence-corrected chi connectivity index (χ0v) is 10.1. The highest BCUT2D eigenvalue weighted by molar-refractivity contribution is 5.43. The summed E-state index contributed by atoms with van der Waals surface area (Å²) in [6, 6.07) is 13.3. The quantitative estimate of drug-likeness (QED) is 0.916. The first-order chi connectivity index (χ1) is 9.24. The predicted molar refractivity (Wildman–Crippen MR) is 67.8 cm³/mol. The third kappa shape index (κ3) is 3.09.